The summed E-state index contributed by atoms with van der Waals surface area (Å²) in [4.78, 5) is 9.52. The number of pyridine rings is 1. The van der Waals surface area contributed by atoms with Crippen molar-refractivity contribution < 1.29 is 24.5 Å². The Morgan fingerprint density at radius 2 is 1.32 bits per heavy atom. The van der Waals surface area contributed by atoms with Crippen LogP contribution in [-0.4, -0.2) is 14.5 Å². The van der Waals surface area contributed by atoms with E-state index in [1.807, 2.05) is 60.7 Å². The van der Waals surface area contributed by atoms with Gasteiger partial charge in [0, 0.05) is 37.6 Å². The minimum Gasteiger partial charge on any atom is -0.477 e. The van der Waals surface area contributed by atoms with Crippen LogP contribution in [0.3, 0.4) is 0 Å². The molecule has 0 fully saturated rings. The summed E-state index contributed by atoms with van der Waals surface area (Å²) in [5.74, 6) is 2.39. The average molecular weight is 920 g/mol. The van der Waals surface area contributed by atoms with Crippen molar-refractivity contribution in [1.82, 2.24) is 14.5 Å². The molecule has 0 N–H and O–H groups in total. The van der Waals surface area contributed by atoms with Crippen LogP contribution in [0.15, 0.2) is 156 Å². The predicted octanol–water partition coefficient (Wildman–Crippen LogP) is 14.0. The molecule has 1 radical (unpaired) electrons. The van der Waals surface area contributed by atoms with Crippen LogP contribution in [0.2, 0.25) is 0 Å². The molecular formula is C52H45IrN3O-2. The maximum absolute atomic E-state index is 6.61. The Balaban J connectivity index is 0.000000326. The van der Waals surface area contributed by atoms with Crippen LogP contribution < -0.4 is 0 Å². The van der Waals surface area contributed by atoms with E-state index in [1.54, 1.807) is 6.20 Å². The van der Waals surface area contributed by atoms with Gasteiger partial charge in [-0.25, -0.2) is 0 Å². The van der Waals surface area contributed by atoms with E-state index < -0.39 is 0 Å². The molecule has 6 aromatic carbocycles. The standard InChI is InChI=1S/C41H37N2O.C11H8N.Ir/c1-25(2)31-18-13-19-32(26(3)4)40(31)43-36-21-11-10-20-35(36)42-41(43)30-22-34(39-27(5)14-12-15-28(39)6)33-24-37(44-38(33)23-30)29-16-8-7-9-17-29;1-2-6-10(7-3-1)11-8-4-5-9-12-11;/h7-22,24-26H,1-6H3;1-6,8-9H;/q2*-1;. The van der Waals surface area contributed by atoms with E-state index in [1.165, 1.54) is 33.5 Å². The monoisotopic (exact) mass is 920 g/mol. The molecule has 0 aliphatic heterocycles. The van der Waals surface area contributed by atoms with Gasteiger partial charge in [-0.05, 0) is 83.5 Å². The number of nitrogens with zero attached hydrogens (tertiary/aromatic N) is 3. The van der Waals surface area contributed by atoms with E-state index in [0.717, 1.165) is 61.5 Å². The van der Waals surface area contributed by atoms with Gasteiger partial charge < -0.3 is 14.0 Å². The molecule has 3 aromatic heterocycles. The maximum Gasteiger partial charge on any atom is 0.123 e. The van der Waals surface area contributed by atoms with Crippen molar-refractivity contribution in [2.24, 2.45) is 0 Å². The van der Waals surface area contributed by atoms with Gasteiger partial charge in [-0.3, -0.25) is 4.98 Å². The largest absolute Gasteiger partial charge is 0.477 e. The molecule has 0 bridgehead atoms. The number of furan rings is 1. The smallest absolute Gasteiger partial charge is 0.123 e. The Labute approximate surface area is 349 Å². The molecule has 0 aliphatic rings. The zero-order chi connectivity index (χ0) is 38.8. The van der Waals surface area contributed by atoms with Gasteiger partial charge in [-0.15, -0.1) is 47.5 Å². The summed E-state index contributed by atoms with van der Waals surface area (Å²) in [5.41, 5.74) is 15.4. The normalized spacial score (nSPS) is 11.2. The van der Waals surface area contributed by atoms with E-state index in [0.29, 0.717) is 11.8 Å². The van der Waals surface area contributed by atoms with Crippen LogP contribution in [0.25, 0.3) is 72.8 Å². The number of para-hydroxylation sites is 3. The number of rotatable bonds is 7. The first-order valence-electron chi connectivity index (χ1n) is 19.4. The van der Waals surface area contributed by atoms with Gasteiger partial charge in [0.05, 0.1) is 22.4 Å². The van der Waals surface area contributed by atoms with Gasteiger partial charge in [-0.2, -0.15) is 0 Å². The molecule has 0 amide bonds. The van der Waals surface area contributed by atoms with Crippen molar-refractivity contribution >= 4 is 22.0 Å². The zero-order valence-electron chi connectivity index (χ0n) is 33.2. The minimum absolute atomic E-state index is 0. The topological polar surface area (TPSA) is 43.9 Å². The molecule has 4 nitrogen and oxygen atoms in total. The molecule has 57 heavy (non-hydrogen) atoms. The fourth-order valence-electron chi connectivity index (χ4n) is 7.65. The first-order valence-corrected chi connectivity index (χ1v) is 19.4. The molecule has 9 aromatic rings. The number of hydrogen-bond donors (Lipinski definition) is 0. The third-order valence-corrected chi connectivity index (χ3v) is 10.4. The number of hydrogen-bond acceptors (Lipinski definition) is 3. The molecule has 5 heteroatoms. The molecule has 0 saturated heterocycles. The summed E-state index contributed by atoms with van der Waals surface area (Å²) in [7, 11) is 0. The minimum atomic E-state index is 0. The Morgan fingerprint density at radius 1 is 0.649 bits per heavy atom. The van der Waals surface area contributed by atoms with Crippen molar-refractivity contribution in [2.75, 3.05) is 0 Å². The SMILES string of the molecule is Cc1cccc(C)c1-c1cc(-c2nc3ccccc3n2-c2c(C(C)C)cccc2C(C)C)[c-]c2oc(-c3ccccc3)cc12.[Ir].[c-]1ccccc1-c1ccccn1. The van der Waals surface area contributed by atoms with E-state index >= 15 is 0 Å². The summed E-state index contributed by atoms with van der Waals surface area (Å²) in [6.45, 7) is 13.5. The summed E-state index contributed by atoms with van der Waals surface area (Å²) in [6, 6.07) is 56.9. The van der Waals surface area contributed by atoms with Crippen molar-refractivity contribution in [3.05, 3.63) is 186 Å². The van der Waals surface area contributed by atoms with Gasteiger partial charge in [0.15, 0.2) is 0 Å². The Kier molecular flexibility index (Phi) is 11.8. The maximum atomic E-state index is 6.61. The molecule has 0 unspecified atom stereocenters. The first kappa shape index (κ1) is 39.4. The second kappa shape index (κ2) is 17.1. The average Bonchev–Trinajstić information content (AvgIpc) is 3.84. The van der Waals surface area contributed by atoms with Crippen molar-refractivity contribution in [2.45, 2.75) is 53.4 Å². The molecule has 0 atom stereocenters. The molecule has 0 aliphatic carbocycles. The quantitative estimate of drug-likeness (QED) is 0.150. The van der Waals surface area contributed by atoms with Crippen LogP contribution in [0.5, 0.6) is 0 Å². The Bertz CT molecular complexity index is 2680. The van der Waals surface area contributed by atoms with E-state index in [2.05, 4.69) is 148 Å². The molecule has 0 spiro atoms. The molecule has 0 saturated carbocycles. The van der Waals surface area contributed by atoms with Gasteiger partial charge in [0.25, 0.3) is 0 Å². The second-order valence-electron chi connectivity index (χ2n) is 14.9. The zero-order valence-corrected chi connectivity index (χ0v) is 35.6. The van der Waals surface area contributed by atoms with Crippen LogP contribution in [0, 0.1) is 26.0 Å². The number of aromatic nitrogens is 3. The summed E-state index contributed by atoms with van der Waals surface area (Å²) >= 11 is 0. The summed E-state index contributed by atoms with van der Waals surface area (Å²) in [5, 5.41) is 1.05. The third kappa shape index (κ3) is 7.91. The van der Waals surface area contributed by atoms with Crippen LogP contribution in [0.4, 0.5) is 0 Å². The number of fused-ring (bicyclic) bond motifs is 2. The van der Waals surface area contributed by atoms with Crippen LogP contribution >= 0.6 is 0 Å². The summed E-state index contributed by atoms with van der Waals surface area (Å²) < 4.78 is 8.98. The number of aryl methyl sites for hydroxylation is 2. The predicted molar refractivity (Wildman–Crippen MR) is 232 cm³/mol. The first-order chi connectivity index (χ1) is 27.3. The van der Waals surface area contributed by atoms with Gasteiger partial charge in [-0.1, -0.05) is 136 Å². The molecular weight excluding hydrogens is 875 g/mol. The third-order valence-electron chi connectivity index (χ3n) is 10.4. The van der Waals surface area contributed by atoms with Gasteiger partial charge in [0.2, 0.25) is 0 Å². The van der Waals surface area contributed by atoms with E-state index in [4.69, 9.17) is 9.40 Å². The Hall–Kier alpha value is -5.87. The van der Waals surface area contributed by atoms with Crippen LogP contribution in [-0.2, 0) is 20.1 Å². The van der Waals surface area contributed by atoms with E-state index in [9.17, 15) is 0 Å². The number of imidazole rings is 1. The van der Waals surface area contributed by atoms with Gasteiger partial charge >= 0.3 is 0 Å². The molecule has 9 rings (SSSR count). The second-order valence-corrected chi connectivity index (χ2v) is 14.9. The van der Waals surface area contributed by atoms with Crippen molar-refractivity contribution in [3.63, 3.8) is 0 Å². The van der Waals surface area contributed by atoms with E-state index in [-0.39, 0.29) is 20.1 Å². The fraction of sp³-hybridized carbons (Fsp3) is 0.154. The number of benzene rings is 6. The Morgan fingerprint density at radius 3 is 1.98 bits per heavy atom. The van der Waals surface area contributed by atoms with Crippen molar-refractivity contribution in [1.29, 1.82) is 0 Å². The van der Waals surface area contributed by atoms with Gasteiger partial charge in [0.1, 0.15) is 5.76 Å². The molecule has 285 valence electrons. The summed E-state index contributed by atoms with van der Waals surface area (Å²) in [6.07, 6.45) is 1.79. The van der Waals surface area contributed by atoms with Crippen LogP contribution in [0.1, 0.15) is 61.8 Å². The molecule has 3 heterocycles. The van der Waals surface area contributed by atoms with Crippen molar-refractivity contribution in [3.8, 4) is 50.8 Å². The fourth-order valence-corrected chi connectivity index (χ4v) is 7.65.